The molecule has 0 aliphatic carbocycles. The van der Waals surface area contributed by atoms with Gasteiger partial charge in [0.25, 0.3) is 10.2 Å². The van der Waals surface area contributed by atoms with Crippen molar-refractivity contribution in [1.29, 1.82) is 0 Å². The molecule has 0 atom stereocenters. The Morgan fingerprint density at radius 3 is 2.44 bits per heavy atom. The molecule has 0 aliphatic heterocycles. The van der Waals surface area contributed by atoms with Gasteiger partial charge in [-0.15, -0.1) is 0 Å². The number of hydrogen-bond donors (Lipinski definition) is 1. The average molecular weight is 387 g/mol. The summed E-state index contributed by atoms with van der Waals surface area (Å²) in [5.74, 6) is 0.483. The number of nitrogens with one attached hydrogen (secondary N) is 1. The maximum Gasteiger partial charge on any atom is 0.279 e. The molecule has 0 aliphatic rings. The van der Waals surface area contributed by atoms with Crippen LogP contribution in [0.15, 0.2) is 48.9 Å². The fourth-order valence-corrected chi connectivity index (χ4v) is 3.67. The van der Waals surface area contributed by atoms with Crippen molar-refractivity contribution < 1.29 is 8.42 Å². The lowest BCUT2D eigenvalue weighted by Gasteiger charge is -2.11. The molecule has 2 aromatic heterocycles. The molecule has 0 bridgehead atoms. The van der Waals surface area contributed by atoms with Crippen molar-refractivity contribution in [2.45, 2.75) is 26.9 Å². The second kappa shape index (κ2) is 7.80. The van der Waals surface area contributed by atoms with Gasteiger partial charge in [-0.1, -0.05) is 26.0 Å². The van der Waals surface area contributed by atoms with Crippen LogP contribution in [0.4, 0.5) is 0 Å². The maximum atomic E-state index is 12.1. The summed E-state index contributed by atoms with van der Waals surface area (Å²) in [5.41, 5.74) is 4.31. The van der Waals surface area contributed by atoms with E-state index < -0.39 is 10.2 Å². The monoisotopic (exact) mass is 386 g/mol. The maximum absolute atomic E-state index is 12.1. The number of aromatic nitrogens is 2. The van der Waals surface area contributed by atoms with Crippen LogP contribution in [-0.4, -0.2) is 36.4 Å². The minimum atomic E-state index is -3.46. The molecule has 0 amide bonds. The number of pyridine rings is 1. The van der Waals surface area contributed by atoms with Gasteiger partial charge in [-0.3, -0.25) is 4.98 Å². The van der Waals surface area contributed by atoms with Gasteiger partial charge in [0.1, 0.15) is 0 Å². The SMILES string of the molecule is CC(C)Cn1cc(CNS(=O)(=O)N(C)C)c2ccc(-c3ccncc3)cc21. The van der Waals surface area contributed by atoms with E-state index in [9.17, 15) is 8.42 Å². The molecule has 1 aromatic carbocycles. The van der Waals surface area contributed by atoms with Crippen LogP contribution in [0, 0.1) is 5.92 Å². The van der Waals surface area contributed by atoms with Gasteiger partial charge >= 0.3 is 0 Å². The Morgan fingerprint density at radius 2 is 1.81 bits per heavy atom. The molecule has 0 saturated heterocycles. The Balaban J connectivity index is 2.02. The van der Waals surface area contributed by atoms with Crippen molar-refractivity contribution in [1.82, 2.24) is 18.6 Å². The number of rotatable bonds is 7. The molecule has 6 nitrogen and oxygen atoms in total. The summed E-state index contributed by atoms with van der Waals surface area (Å²) in [4.78, 5) is 4.08. The molecule has 0 fully saturated rings. The lowest BCUT2D eigenvalue weighted by Crippen LogP contribution is -2.35. The fourth-order valence-electron chi connectivity index (χ4n) is 3.08. The van der Waals surface area contributed by atoms with Gasteiger partial charge < -0.3 is 4.57 Å². The molecular weight excluding hydrogens is 360 g/mol. The second-order valence-corrected chi connectivity index (χ2v) is 9.25. The van der Waals surface area contributed by atoms with Crippen molar-refractivity contribution in [2.24, 2.45) is 5.92 Å². The van der Waals surface area contributed by atoms with E-state index in [0.29, 0.717) is 5.92 Å². The van der Waals surface area contributed by atoms with Crippen molar-refractivity contribution in [2.75, 3.05) is 14.1 Å². The van der Waals surface area contributed by atoms with Gasteiger partial charge in [-0.2, -0.15) is 17.4 Å². The summed E-state index contributed by atoms with van der Waals surface area (Å²) >= 11 is 0. The molecular formula is C20H26N4O2S. The van der Waals surface area contributed by atoms with Gasteiger partial charge in [-0.25, -0.2) is 0 Å². The van der Waals surface area contributed by atoms with Crippen molar-refractivity contribution in [3.63, 3.8) is 0 Å². The molecule has 7 heteroatoms. The van der Waals surface area contributed by atoms with E-state index in [1.54, 1.807) is 12.4 Å². The normalized spacial score (nSPS) is 12.4. The van der Waals surface area contributed by atoms with Crippen molar-refractivity contribution in [3.8, 4) is 11.1 Å². The molecule has 1 N–H and O–H groups in total. The van der Waals surface area contributed by atoms with Gasteiger partial charge in [0, 0.05) is 56.7 Å². The zero-order valence-electron chi connectivity index (χ0n) is 16.2. The highest BCUT2D eigenvalue weighted by molar-refractivity contribution is 7.87. The minimum absolute atomic E-state index is 0.261. The van der Waals surface area contributed by atoms with E-state index in [1.807, 2.05) is 12.1 Å². The first kappa shape index (κ1) is 19.5. The van der Waals surface area contributed by atoms with Crippen LogP contribution >= 0.6 is 0 Å². The molecule has 0 saturated carbocycles. The van der Waals surface area contributed by atoms with Crippen molar-refractivity contribution >= 4 is 21.1 Å². The third-order valence-electron chi connectivity index (χ3n) is 4.47. The number of benzene rings is 1. The van der Waals surface area contributed by atoms with Gasteiger partial charge in [0.15, 0.2) is 0 Å². The summed E-state index contributed by atoms with van der Waals surface area (Å²) in [6, 6.07) is 10.3. The standard InChI is InChI=1S/C20H26N4O2S/c1-15(2)13-24-14-18(12-22-27(25,26)23(3)4)19-6-5-17(11-20(19)24)16-7-9-21-10-8-16/h5-11,14-15,22H,12-13H2,1-4H3. The lowest BCUT2D eigenvalue weighted by molar-refractivity contribution is 0.505. The summed E-state index contributed by atoms with van der Waals surface area (Å²) in [6.07, 6.45) is 5.63. The Morgan fingerprint density at radius 1 is 1.11 bits per heavy atom. The van der Waals surface area contributed by atoms with Crippen LogP contribution in [0.2, 0.25) is 0 Å². The quantitative estimate of drug-likeness (QED) is 0.678. The van der Waals surface area contributed by atoms with Crippen LogP contribution in [0.1, 0.15) is 19.4 Å². The van der Waals surface area contributed by atoms with Crippen LogP contribution in [0.25, 0.3) is 22.0 Å². The highest BCUT2D eigenvalue weighted by atomic mass is 32.2. The average Bonchev–Trinajstić information content (AvgIpc) is 2.97. The van der Waals surface area contributed by atoms with E-state index in [1.165, 1.54) is 18.4 Å². The van der Waals surface area contributed by atoms with E-state index >= 15 is 0 Å². The molecule has 0 radical (unpaired) electrons. The summed E-state index contributed by atoms with van der Waals surface area (Å²) in [7, 11) is -0.424. The Bertz CT molecular complexity index is 1020. The Labute approximate surface area is 161 Å². The first-order valence-corrected chi connectivity index (χ1v) is 10.4. The topological polar surface area (TPSA) is 67.2 Å². The third-order valence-corrected chi connectivity index (χ3v) is 5.94. The van der Waals surface area contributed by atoms with Crippen LogP contribution in [-0.2, 0) is 23.3 Å². The Hall–Kier alpha value is -2.22. The zero-order chi connectivity index (χ0) is 19.6. The van der Waals surface area contributed by atoms with E-state index in [2.05, 4.69) is 52.5 Å². The summed E-state index contributed by atoms with van der Waals surface area (Å²) in [6.45, 7) is 5.48. The summed E-state index contributed by atoms with van der Waals surface area (Å²) in [5, 5.41) is 1.06. The molecule has 0 spiro atoms. The molecule has 144 valence electrons. The van der Waals surface area contributed by atoms with Gasteiger partial charge in [0.2, 0.25) is 0 Å². The molecule has 0 unspecified atom stereocenters. The lowest BCUT2D eigenvalue weighted by atomic mass is 10.0. The highest BCUT2D eigenvalue weighted by Gasteiger charge is 2.16. The largest absolute Gasteiger partial charge is 0.347 e. The van der Waals surface area contributed by atoms with Crippen LogP contribution in [0.5, 0.6) is 0 Å². The molecule has 3 rings (SSSR count). The van der Waals surface area contributed by atoms with Gasteiger partial charge in [-0.05, 0) is 40.8 Å². The molecule has 27 heavy (non-hydrogen) atoms. The van der Waals surface area contributed by atoms with Crippen molar-refractivity contribution in [3.05, 3.63) is 54.5 Å². The Kier molecular flexibility index (Phi) is 5.64. The molecule has 3 aromatic rings. The first-order valence-electron chi connectivity index (χ1n) is 8.97. The van der Waals surface area contributed by atoms with E-state index in [-0.39, 0.29) is 6.54 Å². The van der Waals surface area contributed by atoms with Gasteiger partial charge in [0.05, 0.1) is 0 Å². The van der Waals surface area contributed by atoms with E-state index in [4.69, 9.17) is 0 Å². The third kappa shape index (κ3) is 4.37. The predicted molar refractivity (Wildman–Crippen MR) is 109 cm³/mol. The minimum Gasteiger partial charge on any atom is -0.347 e. The predicted octanol–water partition coefficient (Wildman–Crippen LogP) is 3.26. The first-order chi connectivity index (χ1) is 12.8. The number of nitrogens with zero attached hydrogens (tertiary/aromatic N) is 3. The van der Waals surface area contributed by atoms with E-state index in [0.717, 1.165) is 34.1 Å². The highest BCUT2D eigenvalue weighted by Crippen LogP contribution is 2.28. The van der Waals surface area contributed by atoms with Crippen LogP contribution in [0.3, 0.4) is 0 Å². The number of hydrogen-bond acceptors (Lipinski definition) is 3. The number of fused-ring (bicyclic) bond motifs is 1. The molecule has 2 heterocycles. The smallest absolute Gasteiger partial charge is 0.279 e. The fraction of sp³-hybridized carbons (Fsp3) is 0.350. The van der Waals surface area contributed by atoms with Crippen LogP contribution < -0.4 is 4.72 Å². The second-order valence-electron chi connectivity index (χ2n) is 7.28. The summed E-state index contributed by atoms with van der Waals surface area (Å²) < 4.78 is 30.2. The zero-order valence-corrected chi connectivity index (χ0v) is 17.0.